The number of hydrogen-bond acceptors (Lipinski definition) is 1. The zero-order valence-corrected chi connectivity index (χ0v) is 11.7. The van der Waals surface area contributed by atoms with Crippen molar-refractivity contribution in [2.24, 2.45) is 11.8 Å². The van der Waals surface area contributed by atoms with Gasteiger partial charge in [-0.25, -0.2) is 0 Å². The Bertz CT molecular complexity index is 408. The molecule has 3 fully saturated rings. The normalized spacial score (nSPS) is 41.8. The van der Waals surface area contributed by atoms with E-state index in [2.05, 4.69) is 6.07 Å². The summed E-state index contributed by atoms with van der Waals surface area (Å²) in [6.45, 7) is 6.48. The number of piperazine rings is 1. The molecule has 3 nitrogen and oxygen atoms in total. The maximum absolute atomic E-state index is 5.48. The largest absolute Gasteiger partial charge is 0.463 e. The fraction of sp³-hybridized carbons (Fsp3) is 0.750. The Hall–Kier alpha value is -0.800. The molecule has 2 heterocycles. The smallest absolute Gasteiger partial charge is 0.157 e. The van der Waals surface area contributed by atoms with Gasteiger partial charge < -0.3 is 14.2 Å². The van der Waals surface area contributed by atoms with Crippen LogP contribution in [0.4, 0.5) is 0 Å². The van der Waals surface area contributed by atoms with Crippen LogP contribution < -0.4 is 9.80 Å². The van der Waals surface area contributed by atoms with Gasteiger partial charge in [0.25, 0.3) is 0 Å². The fourth-order valence-corrected chi connectivity index (χ4v) is 4.88. The summed E-state index contributed by atoms with van der Waals surface area (Å²) in [7, 11) is 0. The zero-order valence-electron chi connectivity index (χ0n) is 11.7. The van der Waals surface area contributed by atoms with E-state index in [1.807, 2.05) is 11.0 Å². The van der Waals surface area contributed by atoms with Crippen molar-refractivity contribution in [2.75, 3.05) is 26.2 Å². The number of fused-ring (bicyclic) bond motifs is 2. The summed E-state index contributed by atoms with van der Waals surface area (Å²) < 4.78 is 5.48. The van der Waals surface area contributed by atoms with E-state index in [0.717, 1.165) is 30.2 Å². The van der Waals surface area contributed by atoms with Crippen molar-refractivity contribution in [3.63, 3.8) is 0 Å². The van der Waals surface area contributed by atoms with Gasteiger partial charge in [0.2, 0.25) is 0 Å². The van der Waals surface area contributed by atoms with E-state index in [-0.39, 0.29) is 0 Å². The lowest BCUT2D eigenvalue weighted by atomic mass is 9.93. The summed E-state index contributed by atoms with van der Waals surface area (Å²) in [5.74, 6) is 3.32. The topological polar surface area (TPSA) is 22.0 Å². The van der Waals surface area contributed by atoms with E-state index in [1.54, 1.807) is 17.6 Å². The number of rotatable bonds is 3. The predicted molar refractivity (Wildman–Crippen MR) is 73.0 cm³/mol. The summed E-state index contributed by atoms with van der Waals surface area (Å²) in [5.41, 5.74) is 0. The average molecular weight is 262 g/mol. The highest BCUT2D eigenvalue weighted by molar-refractivity contribution is 4.95. The highest BCUT2D eigenvalue weighted by Crippen LogP contribution is 2.43. The lowest BCUT2D eigenvalue weighted by Gasteiger charge is -2.36. The molecule has 2 bridgehead atoms. The molecule has 2 saturated carbocycles. The molecule has 0 spiro atoms. The van der Waals surface area contributed by atoms with Crippen LogP contribution in [0.15, 0.2) is 22.8 Å². The van der Waals surface area contributed by atoms with Gasteiger partial charge in [-0.3, -0.25) is 0 Å². The Morgan fingerprint density at radius 2 is 2.00 bits per heavy atom. The first kappa shape index (κ1) is 12.0. The molecule has 2 N–H and O–H groups in total. The van der Waals surface area contributed by atoms with Crippen molar-refractivity contribution in [2.45, 2.75) is 38.3 Å². The molecule has 0 radical (unpaired) electrons. The number of quaternary nitrogens is 2. The van der Waals surface area contributed by atoms with Crippen molar-refractivity contribution in [3.05, 3.63) is 24.2 Å². The van der Waals surface area contributed by atoms with Gasteiger partial charge in [-0.1, -0.05) is 0 Å². The van der Waals surface area contributed by atoms with Gasteiger partial charge in [-0.2, -0.15) is 0 Å². The predicted octanol–water partition coefficient (Wildman–Crippen LogP) is -0.248. The second-order valence-corrected chi connectivity index (χ2v) is 6.95. The van der Waals surface area contributed by atoms with Gasteiger partial charge in [0.1, 0.15) is 32.7 Å². The third-order valence-electron chi connectivity index (χ3n) is 5.87. The lowest BCUT2D eigenvalue weighted by Crippen LogP contribution is -3.29. The minimum atomic E-state index is 1.02. The fourth-order valence-electron chi connectivity index (χ4n) is 4.88. The molecule has 19 heavy (non-hydrogen) atoms. The van der Waals surface area contributed by atoms with Crippen molar-refractivity contribution in [1.82, 2.24) is 0 Å². The van der Waals surface area contributed by atoms with Gasteiger partial charge in [-0.05, 0) is 37.3 Å². The summed E-state index contributed by atoms with van der Waals surface area (Å²) in [5, 5.41) is 0. The summed E-state index contributed by atoms with van der Waals surface area (Å²) in [6, 6.07) is 5.14. The number of furan rings is 1. The van der Waals surface area contributed by atoms with Crippen LogP contribution in [-0.4, -0.2) is 32.2 Å². The van der Waals surface area contributed by atoms with E-state index >= 15 is 0 Å². The van der Waals surface area contributed by atoms with E-state index in [4.69, 9.17) is 4.42 Å². The summed E-state index contributed by atoms with van der Waals surface area (Å²) >= 11 is 0. The summed E-state index contributed by atoms with van der Waals surface area (Å²) in [6.07, 6.45) is 7.95. The molecule has 0 amide bonds. The van der Waals surface area contributed by atoms with Gasteiger partial charge >= 0.3 is 0 Å². The Kier molecular flexibility index (Phi) is 3.12. The highest BCUT2D eigenvalue weighted by atomic mass is 16.3. The molecule has 104 valence electrons. The van der Waals surface area contributed by atoms with Gasteiger partial charge in [0.05, 0.1) is 12.3 Å². The molecule has 4 rings (SSSR count). The highest BCUT2D eigenvalue weighted by Gasteiger charge is 2.46. The minimum Gasteiger partial charge on any atom is -0.463 e. The van der Waals surface area contributed by atoms with Crippen LogP contribution in [0.1, 0.15) is 31.4 Å². The molecule has 3 heteroatoms. The van der Waals surface area contributed by atoms with Crippen LogP contribution in [0.25, 0.3) is 0 Å². The van der Waals surface area contributed by atoms with Gasteiger partial charge in [0, 0.05) is 12.3 Å². The lowest BCUT2D eigenvalue weighted by molar-refractivity contribution is -1.03. The van der Waals surface area contributed by atoms with Crippen LogP contribution in [0.5, 0.6) is 0 Å². The van der Waals surface area contributed by atoms with Gasteiger partial charge in [-0.15, -0.1) is 0 Å². The molecule has 2 aliphatic carbocycles. The van der Waals surface area contributed by atoms with E-state index < -0.39 is 0 Å². The Morgan fingerprint density at radius 1 is 1.11 bits per heavy atom. The van der Waals surface area contributed by atoms with Crippen molar-refractivity contribution in [1.29, 1.82) is 0 Å². The van der Waals surface area contributed by atoms with Crippen molar-refractivity contribution < 1.29 is 14.2 Å². The van der Waals surface area contributed by atoms with Crippen LogP contribution in [0.2, 0.25) is 0 Å². The quantitative estimate of drug-likeness (QED) is 0.771. The monoisotopic (exact) mass is 262 g/mol. The van der Waals surface area contributed by atoms with Gasteiger partial charge in [0.15, 0.2) is 5.76 Å². The second kappa shape index (κ2) is 4.95. The third-order valence-corrected chi connectivity index (χ3v) is 5.87. The first-order valence-electron chi connectivity index (χ1n) is 8.09. The number of nitrogens with one attached hydrogen (secondary N) is 2. The van der Waals surface area contributed by atoms with Crippen molar-refractivity contribution >= 4 is 0 Å². The summed E-state index contributed by atoms with van der Waals surface area (Å²) in [4.78, 5) is 3.64. The van der Waals surface area contributed by atoms with Crippen LogP contribution in [0.3, 0.4) is 0 Å². The number of hydrogen-bond donors (Lipinski definition) is 2. The average Bonchev–Trinajstić information content (AvgIpc) is 3.16. The third kappa shape index (κ3) is 2.34. The molecule has 0 aromatic carbocycles. The molecule has 1 aromatic heterocycles. The maximum atomic E-state index is 5.48. The first-order valence-corrected chi connectivity index (χ1v) is 8.09. The molecular formula is C16H26N2O+2. The molecule has 0 unspecified atom stereocenters. The minimum absolute atomic E-state index is 1.02. The molecule has 3 atom stereocenters. The van der Waals surface area contributed by atoms with Crippen LogP contribution in [-0.2, 0) is 6.54 Å². The SMILES string of the molecule is c1coc(C[NH+]2CC[NH+]([C@@H]3C[C@H]4CC[C@@H]3C4)CC2)c1. The Labute approximate surface area is 115 Å². The van der Waals surface area contributed by atoms with Crippen LogP contribution in [0, 0.1) is 11.8 Å². The first-order chi connectivity index (χ1) is 9.38. The molecule has 1 aromatic rings. The molecule has 1 saturated heterocycles. The molecule has 3 aliphatic rings. The van der Waals surface area contributed by atoms with E-state index in [9.17, 15) is 0 Å². The molecular weight excluding hydrogens is 236 g/mol. The zero-order chi connectivity index (χ0) is 12.7. The molecule has 1 aliphatic heterocycles. The maximum Gasteiger partial charge on any atom is 0.157 e. The second-order valence-electron chi connectivity index (χ2n) is 6.95. The van der Waals surface area contributed by atoms with E-state index in [1.165, 1.54) is 45.4 Å². The Balaban J connectivity index is 1.30. The Morgan fingerprint density at radius 3 is 2.63 bits per heavy atom. The van der Waals surface area contributed by atoms with E-state index in [0.29, 0.717) is 0 Å². The standard InChI is InChI=1S/C16H24N2O/c1-2-15(19-9-1)12-17-5-7-18(8-6-17)16-11-13-3-4-14(16)10-13/h1-2,9,13-14,16H,3-8,10-12H2/p+2/t13-,14+,16+/m0/s1. The van der Waals surface area contributed by atoms with Crippen molar-refractivity contribution in [3.8, 4) is 0 Å². The van der Waals surface area contributed by atoms with Crippen LogP contribution >= 0.6 is 0 Å².